The van der Waals surface area contributed by atoms with Crippen molar-refractivity contribution in [1.82, 2.24) is 0 Å². The fraction of sp³-hybridized carbons (Fsp3) is 0.700. The molecule has 0 saturated carbocycles. The Kier molecular flexibility index (Phi) is 8.33. The Balaban J connectivity index is 2.64. The van der Waals surface area contributed by atoms with Crippen molar-refractivity contribution in [2.45, 2.75) is 77.4 Å². The van der Waals surface area contributed by atoms with Gasteiger partial charge in [0.05, 0.1) is 5.75 Å². The smallest absolute Gasteiger partial charge is 0.309 e. The second-order valence-corrected chi connectivity index (χ2v) is 11.3. The van der Waals surface area contributed by atoms with Gasteiger partial charge in [-0.3, -0.25) is 0 Å². The maximum absolute atomic E-state index is 12.2. The van der Waals surface area contributed by atoms with E-state index < -0.39 is 10.1 Å². The van der Waals surface area contributed by atoms with E-state index >= 15 is 0 Å². The van der Waals surface area contributed by atoms with Gasteiger partial charge < -0.3 is 4.18 Å². The van der Waals surface area contributed by atoms with Crippen LogP contribution in [0.15, 0.2) is 24.3 Å². The van der Waals surface area contributed by atoms with E-state index in [1.165, 1.54) is 18.4 Å². The van der Waals surface area contributed by atoms with Gasteiger partial charge in [-0.25, -0.2) is 0 Å². The van der Waals surface area contributed by atoms with Crippen LogP contribution in [0.1, 0.15) is 72.8 Å². The van der Waals surface area contributed by atoms with Crippen LogP contribution in [0.25, 0.3) is 0 Å². The van der Waals surface area contributed by atoms with E-state index in [4.69, 9.17) is 4.18 Å². The predicted molar refractivity (Wildman–Crippen MR) is 110 cm³/mol. The summed E-state index contributed by atoms with van der Waals surface area (Å²) in [5.74, 6) is 0.977. The molecule has 0 aliphatic carbocycles. The highest BCUT2D eigenvalue weighted by Crippen LogP contribution is 2.31. The summed E-state index contributed by atoms with van der Waals surface area (Å²) in [6, 6.07) is 7.50. The number of rotatable bonds is 11. The topological polar surface area (TPSA) is 43.4 Å². The molecular weight excluding hydrogens is 352 g/mol. The van der Waals surface area contributed by atoms with Crippen molar-refractivity contribution in [2.24, 2.45) is 0 Å². The fourth-order valence-electron chi connectivity index (χ4n) is 2.44. The summed E-state index contributed by atoms with van der Waals surface area (Å²) in [4.78, 5) is 0. The number of hydrogen-bond acceptors (Lipinski definition) is 4. The van der Waals surface area contributed by atoms with Crippen LogP contribution in [-0.2, 0) is 15.5 Å². The predicted octanol–water partition coefficient (Wildman–Crippen LogP) is 5.78. The van der Waals surface area contributed by atoms with E-state index in [0.717, 1.165) is 12.8 Å². The van der Waals surface area contributed by atoms with Gasteiger partial charge in [0.15, 0.2) is 0 Å². The van der Waals surface area contributed by atoms with Gasteiger partial charge in [0, 0.05) is 10.5 Å². The summed E-state index contributed by atoms with van der Waals surface area (Å²) < 4.78 is 29.7. The Morgan fingerprint density at radius 2 is 1.64 bits per heavy atom. The first kappa shape index (κ1) is 22.4. The molecule has 0 spiro atoms. The molecule has 25 heavy (non-hydrogen) atoms. The third-order valence-corrected chi connectivity index (χ3v) is 7.58. The molecule has 0 atom stereocenters. The van der Waals surface area contributed by atoms with E-state index in [2.05, 4.69) is 41.5 Å². The molecule has 0 fully saturated rings. The second-order valence-electron chi connectivity index (χ2n) is 7.82. The molecule has 0 aliphatic heterocycles. The Morgan fingerprint density at radius 1 is 1.04 bits per heavy atom. The van der Waals surface area contributed by atoms with Crippen LogP contribution in [-0.4, -0.2) is 24.7 Å². The summed E-state index contributed by atoms with van der Waals surface area (Å²) in [5.41, 5.74) is 1.31. The number of thioether (sulfide) groups is 1. The van der Waals surface area contributed by atoms with Gasteiger partial charge in [-0.1, -0.05) is 66.5 Å². The van der Waals surface area contributed by atoms with Crippen molar-refractivity contribution in [3.63, 3.8) is 0 Å². The molecule has 1 aromatic carbocycles. The molecule has 3 nitrogen and oxygen atoms in total. The van der Waals surface area contributed by atoms with Gasteiger partial charge in [-0.15, -0.1) is 0 Å². The Bertz CT molecular complexity index is 617. The highest BCUT2D eigenvalue weighted by molar-refractivity contribution is 8.01. The number of benzene rings is 1. The van der Waals surface area contributed by atoms with E-state index in [1.807, 2.05) is 12.1 Å². The lowest BCUT2D eigenvalue weighted by atomic mass is 9.80. The standard InChI is InChI=1S/C20H34O3S2/c1-7-9-14-19(3,4)17-10-12-18(13-11-17)23-25(21,22)16-15-24-20(5,6)8-2/h10-13H,7-9,14-16H2,1-6H3. The average molecular weight is 387 g/mol. The minimum Gasteiger partial charge on any atom is -0.382 e. The first-order valence-corrected chi connectivity index (χ1v) is 11.7. The molecular formula is C20H34O3S2. The van der Waals surface area contributed by atoms with Crippen molar-refractivity contribution < 1.29 is 12.6 Å². The molecule has 144 valence electrons. The van der Waals surface area contributed by atoms with Crippen molar-refractivity contribution >= 4 is 21.9 Å². The summed E-state index contributed by atoms with van der Waals surface area (Å²) in [7, 11) is -3.55. The van der Waals surface area contributed by atoms with Crippen molar-refractivity contribution in [3.8, 4) is 5.75 Å². The molecule has 0 aliphatic rings. The first-order valence-electron chi connectivity index (χ1n) is 9.18. The Labute approximate surface area is 159 Å². The third-order valence-electron chi connectivity index (χ3n) is 4.69. The Morgan fingerprint density at radius 3 is 2.16 bits per heavy atom. The summed E-state index contributed by atoms with van der Waals surface area (Å²) in [6.45, 7) is 13.0. The van der Waals surface area contributed by atoms with Crippen LogP contribution < -0.4 is 4.18 Å². The van der Waals surface area contributed by atoms with Gasteiger partial charge >= 0.3 is 10.1 Å². The maximum Gasteiger partial charge on any atom is 0.309 e. The minimum atomic E-state index is -3.55. The molecule has 0 aromatic heterocycles. The van der Waals surface area contributed by atoms with Gasteiger partial charge in [-0.2, -0.15) is 20.2 Å². The van der Waals surface area contributed by atoms with E-state index in [-0.39, 0.29) is 15.9 Å². The van der Waals surface area contributed by atoms with Crippen LogP contribution in [0, 0.1) is 0 Å². The molecule has 0 heterocycles. The number of hydrogen-bond donors (Lipinski definition) is 0. The molecule has 0 saturated heterocycles. The zero-order chi connectivity index (χ0) is 19.1. The fourth-order valence-corrected chi connectivity index (χ4v) is 4.83. The SMILES string of the molecule is CCCCC(C)(C)c1ccc(OS(=O)(=O)CCSC(C)(C)CC)cc1. The van der Waals surface area contributed by atoms with Gasteiger partial charge in [0.2, 0.25) is 0 Å². The largest absolute Gasteiger partial charge is 0.382 e. The Hall–Kier alpha value is -0.680. The second kappa shape index (κ2) is 9.31. The minimum absolute atomic E-state index is 0.0326. The van der Waals surface area contributed by atoms with Crippen molar-refractivity contribution in [3.05, 3.63) is 29.8 Å². The highest BCUT2D eigenvalue weighted by atomic mass is 32.2. The van der Waals surface area contributed by atoms with Crippen molar-refractivity contribution in [2.75, 3.05) is 11.5 Å². The van der Waals surface area contributed by atoms with Crippen LogP contribution in [0.5, 0.6) is 5.75 Å². The summed E-state index contributed by atoms with van der Waals surface area (Å²) >= 11 is 1.67. The lowest BCUT2D eigenvalue weighted by Crippen LogP contribution is -2.20. The normalized spacial score (nSPS) is 13.0. The lowest BCUT2D eigenvalue weighted by molar-refractivity contribution is 0.456. The molecule has 1 rings (SSSR count). The molecule has 0 radical (unpaired) electrons. The van der Waals surface area contributed by atoms with Crippen LogP contribution in [0.2, 0.25) is 0 Å². The monoisotopic (exact) mass is 386 g/mol. The maximum atomic E-state index is 12.2. The molecule has 0 bridgehead atoms. The molecule has 0 amide bonds. The first-order chi connectivity index (χ1) is 11.5. The van der Waals surface area contributed by atoms with E-state index in [9.17, 15) is 8.42 Å². The quantitative estimate of drug-likeness (QED) is 0.452. The molecule has 1 aromatic rings. The third kappa shape index (κ3) is 8.04. The molecule has 5 heteroatoms. The molecule has 0 N–H and O–H groups in total. The molecule has 0 unspecified atom stereocenters. The number of unbranched alkanes of at least 4 members (excludes halogenated alkanes) is 1. The zero-order valence-corrected chi connectivity index (χ0v) is 18.2. The van der Waals surface area contributed by atoms with Gasteiger partial charge in [0.1, 0.15) is 5.75 Å². The zero-order valence-electron chi connectivity index (χ0n) is 16.6. The lowest BCUT2D eigenvalue weighted by Gasteiger charge is -2.25. The average Bonchev–Trinajstić information content (AvgIpc) is 2.52. The van der Waals surface area contributed by atoms with Crippen LogP contribution in [0.4, 0.5) is 0 Å². The summed E-state index contributed by atoms with van der Waals surface area (Å²) in [6.07, 6.45) is 4.49. The highest BCUT2D eigenvalue weighted by Gasteiger charge is 2.21. The van der Waals surface area contributed by atoms with E-state index in [1.54, 1.807) is 23.9 Å². The van der Waals surface area contributed by atoms with Crippen molar-refractivity contribution in [1.29, 1.82) is 0 Å². The van der Waals surface area contributed by atoms with Gasteiger partial charge in [0.25, 0.3) is 0 Å². The van der Waals surface area contributed by atoms with Crippen LogP contribution >= 0.6 is 11.8 Å². The van der Waals surface area contributed by atoms with E-state index in [0.29, 0.717) is 11.5 Å². The summed E-state index contributed by atoms with van der Waals surface area (Å²) in [5, 5.41) is 0. The van der Waals surface area contributed by atoms with Crippen LogP contribution in [0.3, 0.4) is 0 Å². The van der Waals surface area contributed by atoms with Gasteiger partial charge in [-0.05, 0) is 36.0 Å².